The van der Waals surface area contributed by atoms with Crippen molar-refractivity contribution in [3.8, 4) is 11.5 Å². The predicted molar refractivity (Wildman–Crippen MR) is 102 cm³/mol. The van der Waals surface area contributed by atoms with E-state index in [2.05, 4.69) is 10.00 Å². The van der Waals surface area contributed by atoms with E-state index in [1.807, 2.05) is 24.9 Å². The second kappa shape index (κ2) is 7.87. The number of sulfonamides is 1. The first-order valence-electron chi connectivity index (χ1n) is 8.79. The van der Waals surface area contributed by atoms with E-state index >= 15 is 0 Å². The molecule has 1 saturated heterocycles. The van der Waals surface area contributed by atoms with E-state index in [0.717, 1.165) is 12.2 Å². The molecule has 0 saturated carbocycles. The van der Waals surface area contributed by atoms with E-state index in [1.54, 1.807) is 12.1 Å². The molecule has 1 aromatic carbocycles. The number of rotatable bonds is 6. The number of benzene rings is 1. The van der Waals surface area contributed by atoms with Crippen molar-refractivity contribution in [2.24, 2.45) is 7.05 Å². The van der Waals surface area contributed by atoms with Crippen molar-refractivity contribution in [2.75, 3.05) is 40.4 Å². The van der Waals surface area contributed by atoms with Gasteiger partial charge in [-0.3, -0.25) is 9.58 Å². The largest absolute Gasteiger partial charge is 0.497 e. The summed E-state index contributed by atoms with van der Waals surface area (Å²) in [7, 11) is 1.25. The van der Waals surface area contributed by atoms with Crippen LogP contribution in [0, 0.1) is 6.92 Å². The molecule has 1 aliphatic rings. The zero-order valence-corrected chi connectivity index (χ0v) is 17.0. The Hall–Kier alpha value is -2.10. The first-order chi connectivity index (χ1) is 12.9. The monoisotopic (exact) mass is 394 g/mol. The highest BCUT2D eigenvalue weighted by Gasteiger charge is 2.31. The van der Waals surface area contributed by atoms with Crippen molar-refractivity contribution >= 4 is 10.0 Å². The van der Waals surface area contributed by atoms with Crippen LogP contribution in [0.1, 0.15) is 11.3 Å². The third kappa shape index (κ3) is 3.95. The van der Waals surface area contributed by atoms with Gasteiger partial charge in [0.05, 0.1) is 20.4 Å². The fourth-order valence-corrected chi connectivity index (χ4v) is 4.79. The zero-order chi connectivity index (χ0) is 19.6. The summed E-state index contributed by atoms with van der Waals surface area (Å²) in [5, 5.41) is 4.27. The molecular formula is C18H26N4O4S. The van der Waals surface area contributed by atoms with E-state index in [4.69, 9.17) is 9.47 Å². The molecule has 0 atom stereocenters. The first kappa shape index (κ1) is 19.7. The second-order valence-electron chi connectivity index (χ2n) is 6.58. The lowest BCUT2D eigenvalue weighted by Gasteiger charge is -2.34. The lowest BCUT2D eigenvalue weighted by Crippen LogP contribution is -2.48. The van der Waals surface area contributed by atoms with E-state index in [0.29, 0.717) is 37.7 Å². The smallest absolute Gasteiger partial charge is 0.246 e. The molecule has 0 unspecified atom stereocenters. The van der Waals surface area contributed by atoms with Gasteiger partial charge in [0.2, 0.25) is 10.0 Å². The van der Waals surface area contributed by atoms with Crippen LogP contribution in [0.15, 0.2) is 29.3 Å². The molecule has 2 aromatic rings. The number of methoxy groups -OCH3 is 2. The van der Waals surface area contributed by atoms with Gasteiger partial charge in [0, 0.05) is 57.1 Å². The number of aryl methyl sites for hydroxylation is 1. The number of hydrogen-bond donors (Lipinski definition) is 0. The van der Waals surface area contributed by atoms with Crippen molar-refractivity contribution in [3.05, 3.63) is 35.7 Å². The van der Waals surface area contributed by atoms with Gasteiger partial charge in [0.15, 0.2) is 0 Å². The Labute approximate surface area is 160 Å². The molecule has 0 N–H and O–H groups in total. The molecule has 8 nitrogen and oxygen atoms in total. The normalized spacial score (nSPS) is 16.4. The standard InChI is InChI=1S/C18H26N4O4S/c1-14-15(12-19-20(14)2)13-21-7-9-22(10-8-21)27(23,24)18-11-16(25-3)5-6-17(18)26-4/h5-6,11-12H,7-10,13H2,1-4H3. The van der Waals surface area contributed by atoms with Crippen LogP contribution in [0.2, 0.25) is 0 Å². The van der Waals surface area contributed by atoms with Gasteiger partial charge in [-0.1, -0.05) is 0 Å². The average molecular weight is 394 g/mol. The highest BCUT2D eigenvalue weighted by Crippen LogP contribution is 2.31. The van der Waals surface area contributed by atoms with Gasteiger partial charge in [-0.05, 0) is 19.1 Å². The van der Waals surface area contributed by atoms with E-state index in [9.17, 15) is 8.42 Å². The second-order valence-corrected chi connectivity index (χ2v) is 8.48. The molecule has 0 spiro atoms. The summed E-state index contributed by atoms with van der Waals surface area (Å²) in [6.45, 7) is 5.01. The molecular weight excluding hydrogens is 368 g/mol. The fraction of sp³-hybridized carbons (Fsp3) is 0.500. The fourth-order valence-electron chi connectivity index (χ4n) is 3.19. The Kier molecular flexibility index (Phi) is 5.73. The molecule has 9 heteroatoms. The summed E-state index contributed by atoms with van der Waals surface area (Å²) < 4.78 is 40.0. The van der Waals surface area contributed by atoms with E-state index < -0.39 is 10.0 Å². The Morgan fingerprint density at radius 1 is 1.11 bits per heavy atom. The Balaban J connectivity index is 1.72. The van der Waals surface area contributed by atoms with Gasteiger partial charge in [-0.2, -0.15) is 9.40 Å². The molecule has 27 heavy (non-hydrogen) atoms. The summed E-state index contributed by atoms with van der Waals surface area (Å²) in [5.74, 6) is 0.810. The summed E-state index contributed by atoms with van der Waals surface area (Å²) >= 11 is 0. The summed E-state index contributed by atoms with van der Waals surface area (Å²) in [5.41, 5.74) is 2.30. The maximum absolute atomic E-state index is 13.1. The zero-order valence-electron chi connectivity index (χ0n) is 16.2. The Morgan fingerprint density at radius 2 is 1.81 bits per heavy atom. The first-order valence-corrected chi connectivity index (χ1v) is 10.2. The lowest BCUT2D eigenvalue weighted by molar-refractivity contribution is 0.181. The van der Waals surface area contributed by atoms with Crippen LogP contribution in [0.3, 0.4) is 0 Å². The summed E-state index contributed by atoms with van der Waals surface area (Å²) in [6.07, 6.45) is 1.87. The van der Waals surface area contributed by atoms with Crippen molar-refractivity contribution in [1.29, 1.82) is 0 Å². The van der Waals surface area contributed by atoms with E-state index in [-0.39, 0.29) is 4.90 Å². The van der Waals surface area contributed by atoms with Gasteiger partial charge in [0.25, 0.3) is 0 Å². The predicted octanol–water partition coefficient (Wildman–Crippen LogP) is 1.25. The number of aromatic nitrogens is 2. The molecule has 0 bridgehead atoms. The molecule has 0 aliphatic carbocycles. The number of piperazine rings is 1. The highest BCUT2D eigenvalue weighted by atomic mass is 32.2. The number of hydrogen-bond acceptors (Lipinski definition) is 6. The molecule has 1 fully saturated rings. The molecule has 3 rings (SSSR count). The topological polar surface area (TPSA) is 76.9 Å². The van der Waals surface area contributed by atoms with Crippen LogP contribution in [0.5, 0.6) is 11.5 Å². The van der Waals surface area contributed by atoms with E-state index in [1.165, 1.54) is 30.2 Å². The van der Waals surface area contributed by atoms with Gasteiger partial charge in [0.1, 0.15) is 16.4 Å². The van der Waals surface area contributed by atoms with Gasteiger partial charge in [-0.15, -0.1) is 0 Å². The van der Waals surface area contributed by atoms with Crippen LogP contribution in [-0.2, 0) is 23.6 Å². The summed E-state index contributed by atoms with van der Waals surface area (Å²) in [6, 6.07) is 4.82. The maximum Gasteiger partial charge on any atom is 0.246 e. The van der Waals surface area contributed by atoms with Gasteiger partial charge >= 0.3 is 0 Å². The quantitative estimate of drug-likeness (QED) is 0.734. The Bertz CT molecular complexity index is 902. The summed E-state index contributed by atoms with van der Waals surface area (Å²) in [4.78, 5) is 2.39. The molecule has 0 amide bonds. The SMILES string of the molecule is COc1ccc(OC)c(S(=O)(=O)N2CCN(Cc3cnn(C)c3C)CC2)c1. The van der Waals surface area contributed by atoms with Crippen molar-refractivity contribution in [3.63, 3.8) is 0 Å². The number of ether oxygens (including phenoxy) is 2. The third-order valence-corrected chi connectivity index (χ3v) is 6.97. The van der Waals surface area contributed by atoms with Crippen molar-refractivity contribution < 1.29 is 17.9 Å². The van der Waals surface area contributed by atoms with Crippen LogP contribution in [-0.4, -0.2) is 67.8 Å². The highest BCUT2D eigenvalue weighted by molar-refractivity contribution is 7.89. The van der Waals surface area contributed by atoms with Crippen LogP contribution in [0.25, 0.3) is 0 Å². The van der Waals surface area contributed by atoms with Crippen LogP contribution >= 0.6 is 0 Å². The average Bonchev–Trinajstić information content (AvgIpc) is 3.00. The minimum absolute atomic E-state index is 0.140. The van der Waals surface area contributed by atoms with Crippen molar-refractivity contribution in [1.82, 2.24) is 19.0 Å². The van der Waals surface area contributed by atoms with Gasteiger partial charge < -0.3 is 9.47 Å². The maximum atomic E-state index is 13.1. The molecule has 2 heterocycles. The van der Waals surface area contributed by atoms with Crippen molar-refractivity contribution in [2.45, 2.75) is 18.4 Å². The molecule has 1 aromatic heterocycles. The molecule has 148 valence electrons. The number of nitrogens with zero attached hydrogens (tertiary/aromatic N) is 4. The van der Waals surface area contributed by atoms with Gasteiger partial charge in [-0.25, -0.2) is 8.42 Å². The minimum Gasteiger partial charge on any atom is -0.497 e. The Morgan fingerprint density at radius 3 is 2.37 bits per heavy atom. The molecule has 1 aliphatic heterocycles. The minimum atomic E-state index is -3.65. The van der Waals surface area contributed by atoms with Crippen LogP contribution in [0.4, 0.5) is 0 Å². The third-order valence-electron chi connectivity index (χ3n) is 5.05. The van der Waals surface area contributed by atoms with Crippen LogP contribution < -0.4 is 9.47 Å². The molecule has 0 radical (unpaired) electrons. The lowest BCUT2D eigenvalue weighted by atomic mass is 10.2.